The molecule has 0 bridgehead atoms. The van der Waals surface area contributed by atoms with Crippen molar-refractivity contribution in [1.29, 1.82) is 0 Å². The van der Waals surface area contributed by atoms with Crippen LogP contribution in [0.3, 0.4) is 0 Å². The Hall–Kier alpha value is -3.72. The number of nitrogens with one attached hydrogen (secondary N) is 1. The van der Waals surface area contributed by atoms with E-state index < -0.39 is 34.3 Å². The maximum atomic E-state index is 14.7. The molecule has 9 heteroatoms. The predicted octanol–water partition coefficient (Wildman–Crippen LogP) is 5.42. The number of amides is 2. The van der Waals surface area contributed by atoms with E-state index in [2.05, 4.69) is 5.32 Å². The number of hydrogen-bond acceptors (Lipinski definition) is 4. The van der Waals surface area contributed by atoms with Crippen molar-refractivity contribution in [3.63, 3.8) is 0 Å². The first-order valence-electron chi connectivity index (χ1n) is 14.0. The highest BCUT2D eigenvalue weighted by molar-refractivity contribution is 7.92. The Bertz CT molecular complexity index is 1500. The molecule has 2 amide bonds. The Balaban J connectivity index is 1.73. The van der Waals surface area contributed by atoms with E-state index in [1.54, 1.807) is 50.2 Å². The van der Waals surface area contributed by atoms with Crippen LogP contribution in [0, 0.1) is 26.6 Å². The van der Waals surface area contributed by atoms with Gasteiger partial charge in [0.1, 0.15) is 18.4 Å². The van der Waals surface area contributed by atoms with Crippen LogP contribution < -0.4 is 9.62 Å². The van der Waals surface area contributed by atoms with Crippen molar-refractivity contribution in [3.8, 4) is 0 Å². The maximum absolute atomic E-state index is 14.7. The van der Waals surface area contributed by atoms with Gasteiger partial charge in [-0.2, -0.15) is 0 Å². The van der Waals surface area contributed by atoms with Crippen LogP contribution in [-0.4, -0.2) is 43.8 Å². The molecule has 4 rings (SSSR count). The number of anilines is 1. The second-order valence-corrected chi connectivity index (χ2v) is 12.8. The van der Waals surface area contributed by atoms with Gasteiger partial charge in [0.25, 0.3) is 10.0 Å². The van der Waals surface area contributed by atoms with Crippen LogP contribution in [0.25, 0.3) is 0 Å². The molecule has 1 fully saturated rings. The van der Waals surface area contributed by atoms with Gasteiger partial charge in [-0.25, -0.2) is 12.8 Å². The molecule has 3 aromatic carbocycles. The molecule has 41 heavy (non-hydrogen) atoms. The first kappa shape index (κ1) is 30.2. The summed E-state index contributed by atoms with van der Waals surface area (Å²) in [5.41, 5.74) is 3.01. The molecule has 1 N–H and O–H groups in total. The van der Waals surface area contributed by atoms with Crippen molar-refractivity contribution in [3.05, 3.63) is 94.8 Å². The van der Waals surface area contributed by atoms with Crippen LogP contribution in [0.15, 0.2) is 71.6 Å². The van der Waals surface area contributed by atoms with Gasteiger partial charge < -0.3 is 10.2 Å². The Morgan fingerprint density at radius 2 is 1.59 bits per heavy atom. The Morgan fingerprint density at radius 1 is 0.951 bits per heavy atom. The van der Waals surface area contributed by atoms with E-state index in [4.69, 9.17) is 0 Å². The van der Waals surface area contributed by atoms with Crippen molar-refractivity contribution in [1.82, 2.24) is 10.2 Å². The van der Waals surface area contributed by atoms with Gasteiger partial charge in [0, 0.05) is 18.2 Å². The zero-order valence-electron chi connectivity index (χ0n) is 24.1. The molecular formula is C32H38FN3O4S. The fraction of sp³-hybridized carbons (Fsp3) is 0.375. The third-order valence-corrected chi connectivity index (χ3v) is 9.46. The van der Waals surface area contributed by atoms with E-state index in [1.165, 1.54) is 23.1 Å². The fourth-order valence-electron chi connectivity index (χ4n) is 5.12. The minimum atomic E-state index is -4.17. The number of rotatable bonds is 10. The fourth-order valence-corrected chi connectivity index (χ4v) is 6.59. The van der Waals surface area contributed by atoms with Crippen molar-refractivity contribution >= 4 is 27.5 Å². The van der Waals surface area contributed by atoms with Gasteiger partial charge in [-0.05, 0) is 75.9 Å². The lowest BCUT2D eigenvalue weighted by Crippen LogP contribution is -2.52. The van der Waals surface area contributed by atoms with E-state index in [9.17, 15) is 22.4 Å². The lowest BCUT2D eigenvalue weighted by atomic mass is 10.1. The van der Waals surface area contributed by atoms with Crippen molar-refractivity contribution in [2.75, 3.05) is 10.8 Å². The van der Waals surface area contributed by atoms with Gasteiger partial charge in [-0.15, -0.1) is 0 Å². The van der Waals surface area contributed by atoms with Crippen LogP contribution in [0.5, 0.6) is 0 Å². The van der Waals surface area contributed by atoms with Gasteiger partial charge in [0.2, 0.25) is 11.8 Å². The second kappa shape index (κ2) is 12.9. The molecular weight excluding hydrogens is 541 g/mol. The molecule has 0 saturated heterocycles. The van der Waals surface area contributed by atoms with Crippen LogP contribution in [-0.2, 0) is 26.2 Å². The standard InChI is InChI=1S/C32H38FN3O4S/c1-22-14-17-28(18-15-22)41(39,40)36(30-19-23(2)13-16-24(30)3)21-31(37)35(20-26-9-5-8-12-29(26)33)25(4)32(38)34-27-10-6-7-11-27/h5,8-9,12-19,25,27H,6-7,10-11,20-21H2,1-4H3,(H,34,38)/t25-/m0/s1. The van der Waals surface area contributed by atoms with Crippen LogP contribution in [0.2, 0.25) is 0 Å². The molecule has 7 nitrogen and oxygen atoms in total. The summed E-state index contributed by atoms with van der Waals surface area (Å²) in [6.07, 6.45) is 3.79. The Morgan fingerprint density at radius 3 is 2.24 bits per heavy atom. The van der Waals surface area contributed by atoms with E-state index in [0.717, 1.165) is 41.1 Å². The summed E-state index contributed by atoms with van der Waals surface area (Å²) in [6, 6.07) is 17.0. The van der Waals surface area contributed by atoms with Gasteiger partial charge in [0.15, 0.2) is 0 Å². The average molecular weight is 580 g/mol. The number of nitrogens with zero attached hydrogens (tertiary/aromatic N) is 2. The number of benzene rings is 3. The highest BCUT2D eigenvalue weighted by Gasteiger charge is 2.34. The minimum Gasteiger partial charge on any atom is -0.352 e. The van der Waals surface area contributed by atoms with Gasteiger partial charge in [0.05, 0.1) is 10.6 Å². The van der Waals surface area contributed by atoms with Crippen molar-refractivity contribution < 1.29 is 22.4 Å². The van der Waals surface area contributed by atoms with Crippen molar-refractivity contribution in [2.45, 2.75) is 76.9 Å². The summed E-state index contributed by atoms with van der Waals surface area (Å²) in [4.78, 5) is 28.7. The molecule has 3 aromatic rings. The third kappa shape index (κ3) is 7.14. The van der Waals surface area contributed by atoms with E-state index in [1.807, 2.05) is 26.0 Å². The monoisotopic (exact) mass is 579 g/mol. The van der Waals surface area contributed by atoms with Gasteiger partial charge in [-0.1, -0.05) is 60.9 Å². The summed E-state index contributed by atoms with van der Waals surface area (Å²) < 4.78 is 43.9. The SMILES string of the molecule is Cc1ccc(S(=O)(=O)N(CC(=O)N(Cc2ccccc2F)[C@@H](C)C(=O)NC2CCCC2)c2cc(C)ccc2C)cc1. The smallest absolute Gasteiger partial charge is 0.264 e. The molecule has 0 heterocycles. The molecule has 1 aliphatic carbocycles. The number of aryl methyl sites for hydroxylation is 3. The van der Waals surface area contributed by atoms with Crippen LogP contribution in [0.4, 0.5) is 10.1 Å². The van der Waals surface area contributed by atoms with Crippen molar-refractivity contribution in [2.24, 2.45) is 0 Å². The second-order valence-electron chi connectivity index (χ2n) is 10.9. The molecule has 1 atom stereocenters. The normalized spacial score (nSPS) is 14.5. The van der Waals surface area contributed by atoms with Gasteiger partial charge in [-0.3, -0.25) is 13.9 Å². The van der Waals surface area contributed by atoms with Crippen LogP contribution in [0.1, 0.15) is 54.9 Å². The number of halogens is 1. The predicted molar refractivity (Wildman–Crippen MR) is 158 cm³/mol. The first-order chi connectivity index (χ1) is 19.5. The molecule has 1 aliphatic rings. The number of carbonyl (C=O) groups excluding carboxylic acids is 2. The Labute approximate surface area is 242 Å². The van der Waals surface area contributed by atoms with E-state index >= 15 is 0 Å². The molecule has 1 saturated carbocycles. The zero-order valence-corrected chi connectivity index (χ0v) is 24.9. The Kier molecular flexibility index (Phi) is 9.48. The summed E-state index contributed by atoms with van der Waals surface area (Å²) in [7, 11) is -4.17. The molecule has 218 valence electrons. The largest absolute Gasteiger partial charge is 0.352 e. The lowest BCUT2D eigenvalue weighted by molar-refractivity contribution is -0.139. The number of hydrogen-bond donors (Lipinski definition) is 1. The van der Waals surface area contributed by atoms with Gasteiger partial charge >= 0.3 is 0 Å². The quantitative estimate of drug-likeness (QED) is 0.348. The summed E-state index contributed by atoms with van der Waals surface area (Å²) in [6.45, 7) is 6.35. The topological polar surface area (TPSA) is 86.8 Å². The van der Waals surface area contributed by atoms with E-state index in [0.29, 0.717) is 11.3 Å². The molecule has 0 aliphatic heterocycles. The summed E-state index contributed by atoms with van der Waals surface area (Å²) >= 11 is 0. The highest BCUT2D eigenvalue weighted by atomic mass is 32.2. The summed E-state index contributed by atoms with van der Waals surface area (Å²) in [5, 5.41) is 3.02. The highest BCUT2D eigenvalue weighted by Crippen LogP contribution is 2.29. The maximum Gasteiger partial charge on any atom is 0.264 e. The summed E-state index contributed by atoms with van der Waals surface area (Å²) in [5.74, 6) is -1.47. The number of sulfonamides is 1. The zero-order chi connectivity index (χ0) is 29.7. The van der Waals surface area contributed by atoms with Crippen LogP contribution >= 0.6 is 0 Å². The lowest BCUT2D eigenvalue weighted by Gasteiger charge is -2.33. The number of carbonyl (C=O) groups is 2. The van der Waals surface area contributed by atoms with E-state index in [-0.39, 0.29) is 29.0 Å². The molecule has 0 radical (unpaired) electrons. The molecule has 0 aromatic heterocycles. The molecule has 0 spiro atoms. The minimum absolute atomic E-state index is 0.0312. The molecule has 0 unspecified atom stereocenters. The third-order valence-electron chi connectivity index (χ3n) is 7.69. The average Bonchev–Trinajstić information content (AvgIpc) is 3.45. The first-order valence-corrected chi connectivity index (χ1v) is 15.4.